The highest BCUT2D eigenvalue weighted by Gasteiger charge is 2.29. The van der Waals surface area contributed by atoms with E-state index in [-0.39, 0.29) is 0 Å². The minimum Gasteiger partial charge on any atom is -0.280 e. The molecule has 0 radical (unpaired) electrons. The summed E-state index contributed by atoms with van der Waals surface area (Å²) in [6, 6.07) is 12.9. The first-order valence-corrected chi connectivity index (χ1v) is 7.26. The minimum absolute atomic E-state index is 0.517. The van der Waals surface area contributed by atoms with Crippen LogP contribution in [0.25, 0.3) is 0 Å². The summed E-state index contributed by atoms with van der Waals surface area (Å²) >= 11 is 12.3. The number of fused-ring (bicyclic) bond motifs is 1. The number of hydrogen-bond donors (Lipinski definition) is 0. The Morgan fingerprint density at radius 3 is 2.33 bits per heavy atom. The molecule has 1 atom stereocenters. The molecule has 0 spiro atoms. The Morgan fingerprint density at radius 2 is 1.67 bits per heavy atom. The van der Waals surface area contributed by atoms with Crippen molar-refractivity contribution in [2.45, 2.75) is 11.4 Å². The van der Waals surface area contributed by atoms with E-state index in [4.69, 9.17) is 23.2 Å². The van der Waals surface area contributed by atoms with Crippen LogP contribution in [0.3, 0.4) is 0 Å². The molecule has 18 heavy (non-hydrogen) atoms. The minimum atomic E-state index is -1.24. The lowest BCUT2D eigenvalue weighted by atomic mass is 10.2. The molecule has 0 fully saturated rings. The van der Waals surface area contributed by atoms with E-state index < -0.39 is 11.0 Å². The van der Waals surface area contributed by atoms with E-state index >= 15 is 0 Å². The predicted octanol–water partition coefficient (Wildman–Crippen LogP) is 4.04. The molecule has 0 saturated carbocycles. The van der Waals surface area contributed by atoms with Crippen LogP contribution in [0.1, 0.15) is 5.56 Å². The molecule has 2 aromatic carbocycles. The van der Waals surface area contributed by atoms with Gasteiger partial charge in [0.15, 0.2) is 11.0 Å². The van der Waals surface area contributed by atoms with Gasteiger partial charge in [0.1, 0.15) is 0 Å². The standard InChI is InChI=1S/C13H9Cl2NOS/c14-10-5-3-6-11(15)13(10)16-8-9-4-1-2-7-12(9)18(16)17/h1-7H,8H2. The lowest BCUT2D eigenvalue weighted by molar-refractivity contribution is 0.683. The van der Waals surface area contributed by atoms with Crippen molar-refractivity contribution in [1.82, 2.24) is 0 Å². The van der Waals surface area contributed by atoms with Crippen LogP contribution in [0.15, 0.2) is 47.4 Å². The molecule has 1 aliphatic heterocycles. The zero-order valence-electron chi connectivity index (χ0n) is 9.27. The third kappa shape index (κ3) is 1.83. The van der Waals surface area contributed by atoms with Crippen molar-refractivity contribution in [3.05, 3.63) is 58.1 Å². The van der Waals surface area contributed by atoms with Crippen LogP contribution in [0.4, 0.5) is 5.69 Å². The second-order valence-corrected chi connectivity index (χ2v) is 6.16. The average Bonchev–Trinajstić information content (AvgIpc) is 2.68. The number of para-hydroxylation sites is 1. The van der Waals surface area contributed by atoms with Crippen molar-refractivity contribution in [2.24, 2.45) is 0 Å². The molecule has 3 rings (SSSR count). The highest BCUT2D eigenvalue weighted by molar-refractivity contribution is 7.86. The third-order valence-electron chi connectivity index (χ3n) is 2.86. The fraction of sp³-hybridized carbons (Fsp3) is 0.0769. The topological polar surface area (TPSA) is 20.3 Å². The van der Waals surface area contributed by atoms with Gasteiger partial charge in [-0.2, -0.15) is 0 Å². The fourth-order valence-corrected chi connectivity index (χ4v) is 4.14. The van der Waals surface area contributed by atoms with Crippen LogP contribution >= 0.6 is 23.2 Å². The van der Waals surface area contributed by atoms with E-state index in [1.165, 1.54) is 0 Å². The fourth-order valence-electron chi connectivity index (χ4n) is 2.03. The monoisotopic (exact) mass is 297 g/mol. The van der Waals surface area contributed by atoms with Crippen molar-refractivity contribution >= 4 is 39.9 Å². The van der Waals surface area contributed by atoms with Gasteiger partial charge in [0, 0.05) is 0 Å². The van der Waals surface area contributed by atoms with Gasteiger partial charge in [-0.25, -0.2) is 4.21 Å². The van der Waals surface area contributed by atoms with Gasteiger partial charge in [0.05, 0.1) is 27.2 Å². The normalized spacial score (nSPS) is 17.9. The molecule has 0 saturated heterocycles. The lowest BCUT2D eigenvalue weighted by Crippen LogP contribution is -2.18. The highest BCUT2D eigenvalue weighted by Crippen LogP contribution is 2.39. The van der Waals surface area contributed by atoms with Crippen molar-refractivity contribution in [2.75, 3.05) is 4.31 Å². The average molecular weight is 298 g/mol. The molecule has 2 nitrogen and oxygen atoms in total. The Hall–Kier alpha value is -1.03. The molecule has 2 aromatic rings. The largest absolute Gasteiger partial charge is 0.280 e. The van der Waals surface area contributed by atoms with Crippen LogP contribution in [-0.4, -0.2) is 4.21 Å². The van der Waals surface area contributed by atoms with E-state index in [1.54, 1.807) is 22.5 Å². The number of hydrogen-bond acceptors (Lipinski definition) is 1. The third-order valence-corrected chi connectivity index (χ3v) is 4.96. The van der Waals surface area contributed by atoms with Gasteiger partial charge in [-0.3, -0.25) is 4.31 Å². The molecule has 0 amide bonds. The molecule has 0 bridgehead atoms. The van der Waals surface area contributed by atoms with Gasteiger partial charge in [-0.05, 0) is 23.8 Å². The summed E-state index contributed by atoms with van der Waals surface area (Å²) in [6.07, 6.45) is 0. The first kappa shape index (κ1) is 12.0. The summed E-state index contributed by atoms with van der Waals surface area (Å²) in [5.41, 5.74) is 1.68. The predicted molar refractivity (Wildman–Crippen MR) is 75.5 cm³/mol. The van der Waals surface area contributed by atoms with Gasteiger partial charge >= 0.3 is 0 Å². The first-order chi connectivity index (χ1) is 8.68. The molecular weight excluding hydrogens is 289 g/mol. The van der Waals surface area contributed by atoms with Gasteiger partial charge in [-0.15, -0.1) is 0 Å². The van der Waals surface area contributed by atoms with Gasteiger partial charge in [-0.1, -0.05) is 47.5 Å². The zero-order valence-corrected chi connectivity index (χ0v) is 11.6. The Kier molecular flexibility index (Phi) is 3.06. The molecule has 0 aliphatic carbocycles. The van der Waals surface area contributed by atoms with Crippen molar-refractivity contribution in [3.63, 3.8) is 0 Å². The second-order valence-electron chi connectivity index (χ2n) is 3.96. The van der Waals surface area contributed by atoms with E-state index in [2.05, 4.69) is 0 Å². The molecule has 92 valence electrons. The SMILES string of the molecule is O=S1c2ccccc2CN1c1c(Cl)cccc1Cl. The van der Waals surface area contributed by atoms with E-state index in [9.17, 15) is 4.21 Å². The summed E-state index contributed by atoms with van der Waals surface area (Å²) in [6.45, 7) is 0.562. The number of nitrogens with zero attached hydrogens (tertiary/aromatic N) is 1. The number of rotatable bonds is 1. The Bertz CT molecular complexity index is 624. The maximum Gasteiger partial charge on any atom is 0.153 e. The highest BCUT2D eigenvalue weighted by atomic mass is 35.5. The van der Waals surface area contributed by atoms with Crippen LogP contribution in [0.5, 0.6) is 0 Å². The second kappa shape index (κ2) is 4.57. The smallest absolute Gasteiger partial charge is 0.153 e. The zero-order chi connectivity index (χ0) is 12.7. The van der Waals surface area contributed by atoms with Gasteiger partial charge < -0.3 is 0 Å². The van der Waals surface area contributed by atoms with Crippen molar-refractivity contribution in [3.8, 4) is 0 Å². The lowest BCUT2D eigenvalue weighted by Gasteiger charge is -2.18. The van der Waals surface area contributed by atoms with Gasteiger partial charge in [0.25, 0.3) is 0 Å². The van der Waals surface area contributed by atoms with E-state index in [1.807, 2.05) is 24.3 Å². The van der Waals surface area contributed by atoms with Crippen molar-refractivity contribution in [1.29, 1.82) is 0 Å². The maximum atomic E-state index is 12.4. The van der Waals surface area contributed by atoms with E-state index in [0.717, 1.165) is 10.5 Å². The van der Waals surface area contributed by atoms with E-state index in [0.29, 0.717) is 22.3 Å². The molecule has 1 unspecified atom stereocenters. The summed E-state index contributed by atoms with van der Waals surface area (Å²) in [5.74, 6) is 0. The molecule has 0 N–H and O–H groups in total. The first-order valence-electron chi connectivity index (χ1n) is 5.40. The van der Waals surface area contributed by atoms with Crippen LogP contribution in [0, 0.1) is 0 Å². The number of benzene rings is 2. The Morgan fingerprint density at radius 1 is 1.00 bits per heavy atom. The summed E-state index contributed by atoms with van der Waals surface area (Å²) < 4.78 is 14.2. The van der Waals surface area contributed by atoms with Gasteiger partial charge in [0.2, 0.25) is 0 Å². The Labute approximate surface area is 118 Å². The van der Waals surface area contributed by atoms with Crippen LogP contribution in [0.2, 0.25) is 10.0 Å². The molecule has 0 aromatic heterocycles. The summed E-state index contributed by atoms with van der Waals surface area (Å²) in [5, 5.41) is 1.03. The Balaban J connectivity index is 2.10. The van der Waals surface area contributed by atoms with Crippen LogP contribution < -0.4 is 4.31 Å². The quantitative estimate of drug-likeness (QED) is 0.778. The van der Waals surface area contributed by atoms with Crippen molar-refractivity contribution < 1.29 is 4.21 Å². The summed E-state index contributed by atoms with van der Waals surface area (Å²) in [4.78, 5) is 0.827. The van der Waals surface area contributed by atoms with Crippen LogP contribution in [-0.2, 0) is 17.5 Å². The maximum absolute atomic E-state index is 12.4. The summed E-state index contributed by atoms with van der Waals surface area (Å²) in [7, 11) is -1.24. The number of halogens is 2. The molecule has 5 heteroatoms. The number of anilines is 1. The molecule has 1 heterocycles. The molecule has 1 aliphatic rings. The molecular formula is C13H9Cl2NOS.